The largest absolute Gasteiger partial charge is 0.496 e. The van der Waals surface area contributed by atoms with E-state index in [0.29, 0.717) is 55.2 Å². The number of amides is 2. The Kier molecular flexibility index (Phi) is 7.29. The number of aromatic nitrogens is 3. The molecular formula is C23H30ClN5O3. The van der Waals surface area contributed by atoms with Gasteiger partial charge in [-0.05, 0) is 43.9 Å². The molecule has 8 nitrogen and oxygen atoms in total. The zero-order valence-electron chi connectivity index (χ0n) is 18.5. The number of hydrogen-bond acceptors (Lipinski definition) is 5. The van der Waals surface area contributed by atoms with Crippen LogP contribution in [0.2, 0.25) is 5.02 Å². The molecule has 0 atom stereocenters. The molecule has 2 aliphatic heterocycles. The van der Waals surface area contributed by atoms with Gasteiger partial charge in [0.25, 0.3) is 5.91 Å². The lowest BCUT2D eigenvalue weighted by Gasteiger charge is -2.31. The maximum atomic E-state index is 12.9. The first-order valence-corrected chi connectivity index (χ1v) is 11.8. The van der Waals surface area contributed by atoms with Gasteiger partial charge in [-0.1, -0.05) is 18.0 Å². The van der Waals surface area contributed by atoms with E-state index in [4.69, 9.17) is 16.3 Å². The lowest BCUT2D eigenvalue weighted by molar-refractivity contribution is -0.126. The maximum absolute atomic E-state index is 12.9. The summed E-state index contributed by atoms with van der Waals surface area (Å²) in [4.78, 5) is 27.4. The van der Waals surface area contributed by atoms with Crippen LogP contribution in [0.1, 0.15) is 54.1 Å². The van der Waals surface area contributed by atoms with Gasteiger partial charge in [0.2, 0.25) is 5.91 Å². The minimum atomic E-state index is -0.115. The summed E-state index contributed by atoms with van der Waals surface area (Å²) in [5.74, 6) is 2.38. The Labute approximate surface area is 193 Å². The van der Waals surface area contributed by atoms with Crippen molar-refractivity contribution in [1.29, 1.82) is 0 Å². The fraction of sp³-hybridized carbons (Fsp3) is 0.565. The van der Waals surface area contributed by atoms with Crippen molar-refractivity contribution < 1.29 is 14.3 Å². The van der Waals surface area contributed by atoms with Gasteiger partial charge < -0.3 is 19.5 Å². The Morgan fingerprint density at radius 2 is 1.97 bits per heavy atom. The lowest BCUT2D eigenvalue weighted by Crippen LogP contribution is -2.43. The minimum Gasteiger partial charge on any atom is -0.496 e. The van der Waals surface area contributed by atoms with E-state index in [0.717, 1.165) is 31.0 Å². The summed E-state index contributed by atoms with van der Waals surface area (Å²) in [5.41, 5.74) is 0.454. The summed E-state index contributed by atoms with van der Waals surface area (Å²) >= 11 is 6.07. The molecule has 9 heteroatoms. The smallest absolute Gasteiger partial charge is 0.257 e. The average Bonchev–Trinajstić information content (AvgIpc) is 3.04. The number of benzene rings is 1. The van der Waals surface area contributed by atoms with Crippen molar-refractivity contribution in [1.82, 2.24) is 25.0 Å². The summed E-state index contributed by atoms with van der Waals surface area (Å²) in [6.45, 7) is 2.58. The van der Waals surface area contributed by atoms with Crippen LogP contribution in [-0.4, -0.2) is 58.2 Å². The number of methoxy groups -OCH3 is 1. The molecule has 0 aliphatic carbocycles. The molecule has 4 rings (SSSR count). The van der Waals surface area contributed by atoms with Crippen LogP contribution >= 0.6 is 11.6 Å². The molecule has 3 heterocycles. The second kappa shape index (κ2) is 10.3. The topological polar surface area (TPSA) is 89.3 Å². The van der Waals surface area contributed by atoms with Crippen LogP contribution in [0.25, 0.3) is 0 Å². The van der Waals surface area contributed by atoms with Gasteiger partial charge in [-0.15, -0.1) is 10.2 Å². The monoisotopic (exact) mass is 459 g/mol. The van der Waals surface area contributed by atoms with Crippen molar-refractivity contribution in [3.05, 3.63) is 40.4 Å². The summed E-state index contributed by atoms with van der Waals surface area (Å²) in [6, 6.07) is 5.03. The number of rotatable bonds is 6. The predicted octanol–water partition coefficient (Wildman–Crippen LogP) is 2.88. The quantitative estimate of drug-likeness (QED) is 0.717. The van der Waals surface area contributed by atoms with Gasteiger partial charge in [0.05, 0.1) is 12.7 Å². The van der Waals surface area contributed by atoms with Gasteiger partial charge in [-0.25, -0.2) is 0 Å². The first kappa shape index (κ1) is 22.6. The third kappa shape index (κ3) is 5.06. The fourth-order valence-corrected chi connectivity index (χ4v) is 4.71. The maximum Gasteiger partial charge on any atom is 0.257 e. The lowest BCUT2D eigenvalue weighted by atomic mass is 9.95. The molecule has 0 unspecified atom stereocenters. The first-order chi connectivity index (χ1) is 15.6. The Morgan fingerprint density at radius 3 is 2.75 bits per heavy atom. The number of piperidine rings is 1. The Bertz CT molecular complexity index is 969. The number of nitrogens with zero attached hydrogens (tertiary/aromatic N) is 4. The number of aryl methyl sites for hydroxylation is 1. The van der Waals surface area contributed by atoms with Crippen molar-refractivity contribution in [2.75, 3.05) is 26.7 Å². The number of likely N-dealkylation sites (tertiary alicyclic amines) is 1. The molecule has 0 radical (unpaired) electrons. The zero-order valence-corrected chi connectivity index (χ0v) is 19.2. The van der Waals surface area contributed by atoms with Crippen molar-refractivity contribution in [3.8, 4) is 5.75 Å². The predicted molar refractivity (Wildman–Crippen MR) is 121 cm³/mol. The van der Waals surface area contributed by atoms with E-state index < -0.39 is 0 Å². The van der Waals surface area contributed by atoms with Crippen LogP contribution in [0.3, 0.4) is 0 Å². The van der Waals surface area contributed by atoms with E-state index in [1.807, 2.05) is 0 Å². The molecule has 1 aromatic heterocycles. The van der Waals surface area contributed by atoms with Crippen LogP contribution in [0, 0.1) is 5.92 Å². The number of halogens is 1. The minimum absolute atomic E-state index is 0.0491. The molecule has 1 saturated heterocycles. The van der Waals surface area contributed by atoms with Gasteiger partial charge in [-0.2, -0.15) is 0 Å². The third-order valence-corrected chi connectivity index (χ3v) is 6.61. The molecule has 172 valence electrons. The van der Waals surface area contributed by atoms with E-state index in [-0.39, 0.29) is 17.7 Å². The number of nitrogens with one attached hydrogen (secondary N) is 1. The Balaban J connectivity index is 1.26. The number of carbonyl (C=O) groups excluding carboxylic acids is 2. The fourth-order valence-electron chi connectivity index (χ4n) is 4.53. The molecule has 2 aromatic rings. The van der Waals surface area contributed by atoms with E-state index in [2.05, 4.69) is 20.1 Å². The van der Waals surface area contributed by atoms with Crippen LogP contribution in [0.15, 0.2) is 18.2 Å². The highest BCUT2D eigenvalue weighted by Gasteiger charge is 2.29. The van der Waals surface area contributed by atoms with Crippen LogP contribution in [0.4, 0.5) is 0 Å². The van der Waals surface area contributed by atoms with Crippen molar-refractivity contribution in [2.45, 2.75) is 51.5 Å². The Morgan fingerprint density at radius 1 is 1.16 bits per heavy atom. The standard InChI is InChI=1S/C23H30ClN5O3/c1-32-19-7-6-17(24)15-18(19)23(31)28-13-9-16(10-14-28)22(30)25-11-8-21-27-26-20-5-3-2-4-12-29(20)21/h6-7,15-16H,2-5,8-14H2,1H3,(H,25,30). The van der Waals surface area contributed by atoms with Gasteiger partial charge in [0, 0.05) is 50.0 Å². The van der Waals surface area contributed by atoms with E-state index in [9.17, 15) is 9.59 Å². The molecule has 0 saturated carbocycles. The van der Waals surface area contributed by atoms with Gasteiger partial charge in [0.1, 0.15) is 17.4 Å². The van der Waals surface area contributed by atoms with Crippen LogP contribution in [0.5, 0.6) is 5.75 Å². The second-order valence-corrected chi connectivity index (χ2v) is 8.88. The molecule has 2 amide bonds. The van der Waals surface area contributed by atoms with Gasteiger partial charge in [-0.3, -0.25) is 9.59 Å². The summed E-state index contributed by atoms with van der Waals surface area (Å²) in [5, 5.41) is 12.2. The number of hydrogen-bond donors (Lipinski definition) is 1. The second-order valence-electron chi connectivity index (χ2n) is 8.45. The normalized spacial score (nSPS) is 16.9. The number of ether oxygens (including phenoxy) is 1. The highest BCUT2D eigenvalue weighted by Crippen LogP contribution is 2.26. The number of carbonyl (C=O) groups is 2. The SMILES string of the molecule is COc1ccc(Cl)cc1C(=O)N1CCC(C(=O)NCCc2nnc3n2CCCCC3)CC1. The summed E-state index contributed by atoms with van der Waals surface area (Å²) in [6.07, 6.45) is 6.50. The van der Waals surface area contributed by atoms with E-state index in [1.54, 1.807) is 23.1 Å². The molecule has 1 aromatic carbocycles. The Hall–Kier alpha value is -2.61. The average molecular weight is 460 g/mol. The third-order valence-electron chi connectivity index (χ3n) is 6.38. The molecule has 0 bridgehead atoms. The first-order valence-electron chi connectivity index (χ1n) is 11.4. The molecule has 2 aliphatic rings. The highest BCUT2D eigenvalue weighted by molar-refractivity contribution is 6.31. The van der Waals surface area contributed by atoms with Gasteiger partial charge in [0.15, 0.2) is 0 Å². The molecule has 1 fully saturated rings. The summed E-state index contributed by atoms with van der Waals surface area (Å²) < 4.78 is 7.52. The number of fused-ring (bicyclic) bond motifs is 1. The van der Waals surface area contributed by atoms with Crippen LogP contribution < -0.4 is 10.1 Å². The van der Waals surface area contributed by atoms with E-state index in [1.165, 1.54) is 20.0 Å². The van der Waals surface area contributed by atoms with E-state index >= 15 is 0 Å². The zero-order chi connectivity index (χ0) is 22.5. The molecule has 32 heavy (non-hydrogen) atoms. The van der Waals surface area contributed by atoms with Crippen molar-refractivity contribution in [2.24, 2.45) is 5.92 Å². The molecular weight excluding hydrogens is 430 g/mol. The molecule has 0 spiro atoms. The van der Waals surface area contributed by atoms with Crippen molar-refractivity contribution >= 4 is 23.4 Å². The van der Waals surface area contributed by atoms with Crippen molar-refractivity contribution in [3.63, 3.8) is 0 Å². The van der Waals surface area contributed by atoms with Gasteiger partial charge >= 0.3 is 0 Å². The van der Waals surface area contributed by atoms with Crippen LogP contribution in [-0.2, 0) is 24.2 Å². The summed E-state index contributed by atoms with van der Waals surface area (Å²) in [7, 11) is 1.54. The highest BCUT2D eigenvalue weighted by atomic mass is 35.5. The molecule has 1 N–H and O–H groups in total.